The number of halogens is 2. The van der Waals surface area contributed by atoms with Crippen molar-refractivity contribution in [2.24, 2.45) is 17.8 Å². The summed E-state index contributed by atoms with van der Waals surface area (Å²) in [6.07, 6.45) is 6.29. The highest BCUT2D eigenvalue weighted by molar-refractivity contribution is 5.68. The number of nitriles is 1. The molecule has 2 aliphatic rings. The number of rotatable bonds is 9. The zero-order chi connectivity index (χ0) is 28.0. The first-order valence-corrected chi connectivity index (χ1v) is 13.4. The Hall–Kier alpha value is -3.68. The van der Waals surface area contributed by atoms with Gasteiger partial charge >= 0.3 is 12.7 Å². The minimum absolute atomic E-state index is 0.0781. The number of hydrogen-bond acceptors (Lipinski definition) is 8. The Bertz CT molecular complexity index is 1170. The highest BCUT2D eigenvalue weighted by Gasteiger charge is 2.41. The number of alkyl halides is 2. The van der Waals surface area contributed by atoms with Crippen LogP contribution in [-0.4, -0.2) is 40.9 Å². The van der Waals surface area contributed by atoms with Gasteiger partial charge in [0.05, 0.1) is 6.20 Å². The topological polar surface area (TPSA) is 121 Å². The van der Waals surface area contributed by atoms with E-state index in [1.165, 1.54) is 12.3 Å². The number of amides is 1. The van der Waals surface area contributed by atoms with E-state index < -0.39 is 12.2 Å². The average molecular weight is 543 g/mol. The quantitative estimate of drug-likeness (QED) is 0.369. The lowest BCUT2D eigenvalue weighted by Gasteiger charge is -2.46. The Morgan fingerprint density at radius 1 is 1.18 bits per heavy atom. The zero-order valence-corrected chi connectivity index (χ0v) is 22.5. The van der Waals surface area contributed by atoms with Crippen molar-refractivity contribution in [3.05, 3.63) is 41.6 Å². The molecule has 39 heavy (non-hydrogen) atoms. The molecule has 0 radical (unpaired) electrons. The number of benzene rings is 1. The SMILES string of the molecule is CC(C)(C)OC(=O)NC1[C@@H]2CCC[C@H]1CC(CNc1nc(NCc3ccccc3OC(F)F)ncc1C#N)C2. The zero-order valence-electron chi connectivity index (χ0n) is 22.5. The van der Waals surface area contributed by atoms with E-state index in [0.29, 0.717) is 41.2 Å². The lowest BCUT2D eigenvalue weighted by atomic mass is 9.64. The van der Waals surface area contributed by atoms with Crippen molar-refractivity contribution in [3.8, 4) is 11.8 Å². The van der Waals surface area contributed by atoms with E-state index in [1.807, 2.05) is 20.8 Å². The summed E-state index contributed by atoms with van der Waals surface area (Å²) in [7, 11) is 0. The fraction of sp³-hybridized carbons (Fsp3) is 0.571. The third kappa shape index (κ3) is 7.91. The van der Waals surface area contributed by atoms with Gasteiger partial charge in [0.1, 0.15) is 28.8 Å². The molecule has 2 aromatic rings. The molecule has 0 aliphatic heterocycles. The van der Waals surface area contributed by atoms with Crippen LogP contribution in [0.4, 0.5) is 25.3 Å². The van der Waals surface area contributed by atoms with E-state index in [9.17, 15) is 18.8 Å². The number of nitrogens with one attached hydrogen (secondary N) is 3. The van der Waals surface area contributed by atoms with Crippen molar-refractivity contribution < 1.29 is 23.0 Å². The average Bonchev–Trinajstić information content (AvgIpc) is 2.85. The van der Waals surface area contributed by atoms with Crippen molar-refractivity contribution in [2.45, 2.75) is 77.7 Å². The summed E-state index contributed by atoms with van der Waals surface area (Å²) in [5, 5.41) is 19.1. The first kappa shape index (κ1) is 28.3. The highest BCUT2D eigenvalue weighted by Crippen LogP contribution is 2.43. The lowest BCUT2D eigenvalue weighted by molar-refractivity contribution is -0.0504. The Labute approximate surface area is 227 Å². The molecule has 2 fully saturated rings. The van der Waals surface area contributed by atoms with Crippen molar-refractivity contribution in [2.75, 3.05) is 17.2 Å². The molecule has 2 aliphatic carbocycles. The number of alkyl carbamates (subject to hydrolysis) is 1. The maximum absolute atomic E-state index is 12.7. The van der Waals surface area contributed by atoms with Crippen LogP contribution in [-0.2, 0) is 11.3 Å². The summed E-state index contributed by atoms with van der Waals surface area (Å²) < 4.78 is 35.5. The number of nitrogens with zero attached hydrogens (tertiary/aromatic N) is 3. The Kier molecular flexibility index (Phi) is 9.04. The number of para-hydroxylation sites is 1. The van der Waals surface area contributed by atoms with E-state index in [0.717, 1.165) is 32.1 Å². The lowest BCUT2D eigenvalue weighted by Crippen LogP contribution is -2.52. The van der Waals surface area contributed by atoms with Crippen molar-refractivity contribution in [1.29, 1.82) is 5.26 Å². The van der Waals surface area contributed by atoms with E-state index in [2.05, 4.69) is 36.7 Å². The molecule has 0 saturated heterocycles. The van der Waals surface area contributed by atoms with Crippen LogP contribution in [0.3, 0.4) is 0 Å². The van der Waals surface area contributed by atoms with Crippen LogP contribution < -0.4 is 20.7 Å². The van der Waals surface area contributed by atoms with Gasteiger partial charge in [0.15, 0.2) is 0 Å². The molecule has 9 nitrogen and oxygen atoms in total. The first-order valence-electron chi connectivity index (χ1n) is 13.4. The van der Waals surface area contributed by atoms with Gasteiger partial charge in [-0.15, -0.1) is 0 Å². The minimum atomic E-state index is -2.92. The summed E-state index contributed by atoms with van der Waals surface area (Å²) >= 11 is 0. The fourth-order valence-electron chi connectivity index (χ4n) is 5.67. The van der Waals surface area contributed by atoms with Gasteiger partial charge in [-0.2, -0.15) is 19.0 Å². The molecule has 1 aromatic carbocycles. The minimum Gasteiger partial charge on any atom is -0.444 e. The highest BCUT2D eigenvalue weighted by atomic mass is 19.3. The van der Waals surface area contributed by atoms with Crippen LogP contribution in [0.15, 0.2) is 30.5 Å². The Balaban J connectivity index is 1.36. The molecule has 4 rings (SSSR count). The van der Waals surface area contributed by atoms with Crippen LogP contribution in [0.5, 0.6) is 5.75 Å². The third-order valence-electron chi connectivity index (χ3n) is 7.21. The van der Waals surface area contributed by atoms with Gasteiger partial charge in [-0.25, -0.2) is 9.78 Å². The largest absolute Gasteiger partial charge is 0.444 e. The normalized spacial score (nSPS) is 22.5. The fourth-order valence-corrected chi connectivity index (χ4v) is 5.67. The van der Waals surface area contributed by atoms with E-state index in [4.69, 9.17) is 4.74 Å². The number of carbonyl (C=O) groups is 1. The second kappa shape index (κ2) is 12.5. The first-order chi connectivity index (χ1) is 18.6. The third-order valence-corrected chi connectivity index (χ3v) is 7.21. The van der Waals surface area contributed by atoms with Gasteiger partial charge in [0.2, 0.25) is 5.95 Å². The van der Waals surface area contributed by atoms with Gasteiger partial charge in [-0.3, -0.25) is 0 Å². The van der Waals surface area contributed by atoms with E-state index >= 15 is 0 Å². The molecule has 2 unspecified atom stereocenters. The van der Waals surface area contributed by atoms with Crippen molar-refractivity contribution >= 4 is 17.9 Å². The maximum atomic E-state index is 12.7. The smallest absolute Gasteiger partial charge is 0.407 e. The molecule has 2 saturated carbocycles. The molecule has 1 amide bonds. The number of aromatic nitrogens is 2. The molecule has 11 heteroatoms. The van der Waals surface area contributed by atoms with Gasteiger partial charge < -0.3 is 25.4 Å². The molecular formula is C28H36F2N6O3. The monoisotopic (exact) mass is 542 g/mol. The predicted molar refractivity (Wildman–Crippen MR) is 142 cm³/mol. The molecule has 210 valence electrons. The molecule has 3 N–H and O–H groups in total. The summed E-state index contributed by atoms with van der Waals surface area (Å²) in [5.41, 5.74) is 0.318. The molecule has 4 atom stereocenters. The van der Waals surface area contributed by atoms with Gasteiger partial charge in [0.25, 0.3) is 0 Å². The number of ether oxygens (including phenoxy) is 2. The maximum Gasteiger partial charge on any atom is 0.407 e. The summed E-state index contributed by atoms with van der Waals surface area (Å²) in [5.74, 6) is 1.90. The van der Waals surface area contributed by atoms with Crippen LogP contribution in [0, 0.1) is 29.1 Å². The number of fused-ring (bicyclic) bond motifs is 2. The van der Waals surface area contributed by atoms with Crippen molar-refractivity contribution in [3.63, 3.8) is 0 Å². The second-order valence-corrected chi connectivity index (χ2v) is 11.2. The molecule has 2 bridgehead atoms. The molecule has 1 heterocycles. The van der Waals surface area contributed by atoms with Gasteiger partial charge in [-0.1, -0.05) is 24.6 Å². The van der Waals surface area contributed by atoms with Gasteiger partial charge in [-0.05, 0) is 70.3 Å². The molecule has 0 spiro atoms. The standard InChI is InChI=1S/C28H36F2N6O3/c1-28(2,3)39-27(37)35-23-18-8-6-9-19(23)12-17(11-18)14-32-24-21(13-31)16-34-26(36-24)33-15-20-7-4-5-10-22(20)38-25(29)30/h4-5,7,10,16-19,23,25H,6,8-9,11-12,14-15H2,1-3H3,(H,35,37)(H2,32,33,34,36)/t17?,18-,19+,23?. The van der Waals surface area contributed by atoms with E-state index in [-0.39, 0.29) is 30.4 Å². The van der Waals surface area contributed by atoms with Gasteiger partial charge in [0, 0.05) is 24.7 Å². The van der Waals surface area contributed by atoms with Crippen LogP contribution >= 0.6 is 0 Å². The molecular weight excluding hydrogens is 506 g/mol. The summed E-state index contributed by atoms with van der Waals surface area (Å²) in [4.78, 5) is 21.1. The number of carbonyl (C=O) groups excluding carboxylic acids is 1. The summed E-state index contributed by atoms with van der Waals surface area (Å²) in [6.45, 7) is 3.48. The number of anilines is 2. The summed E-state index contributed by atoms with van der Waals surface area (Å²) in [6, 6.07) is 8.75. The Morgan fingerprint density at radius 3 is 2.56 bits per heavy atom. The Morgan fingerprint density at radius 2 is 1.90 bits per heavy atom. The van der Waals surface area contributed by atoms with Crippen LogP contribution in [0.1, 0.15) is 64.0 Å². The van der Waals surface area contributed by atoms with Crippen LogP contribution in [0.2, 0.25) is 0 Å². The second-order valence-electron chi connectivity index (χ2n) is 11.2. The van der Waals surface area contributed by atoms with Crippen molar-refractivity contribution in [1.82, 2.24) is 15.3 Å². The predicted octanol–water partition coefficient (Wildman–Crippen LogP) is 5.69. The van der Waals surface area contributed by atoms with E-state index in [1.54, 1.807) is 18.2 Å². The number of hydrogen-bond donors (Lipinski definition) is 3. The molecule has 1 aromatic heterocycles. The van der Waals surface area contributed by atoms with Crippen LogP contribution in [0.25, 0.3) is 0 Å².